The van der Waals surface area contributed by atoms with Crippen LogP contribution in [0, 0.1) is 0 Å². The van der Waals surface area contributed by atoms with E-state index < -0.39 is 64.7 Å². The van der Waals surface area contributed by atoms with Gasteiger partial charge in [0.2, 0.25) is 17.5 Å². The molecule has 2 aromatic carbocycles. The summed E-state index contributed by atoms with van der Waals surface area (Å²) in [4.78, 5) is 24.8. The summed E-state index contributed by atoms with van der Waals surface area (Å²) in [5.74, 6) is -4.04. The third-order valence-corrected chi connectivity index (χ3v) is 5.41. The summed E-state index contributed by atoms with van der Waals surface area (Å²) in [5, 5.41) is 69.1. The Labute approximate surface area is 195 Å². The van der Waals surface area contributed by atoms with Crippen molar-refractivity contribution in [1.29, 1.82) is 0 Å². The zero-order chi connectivity index (χ0) is 25.6. The number of carboxylic acid groups (broad SMARTS) is 1. The molecule has 0 bridgehead atoms. The lowest BCUT2D eigenvalue weighted by Crippen LogP contribution is -2.61. The number of aliphatic hydroxyl groups is 3. The zero-order valence-corrected chi connectivity index (χ0v) is 17.9. The van der Waals surface area contributed by atoms with Crippen molar-refractivity contribution < 1.29 is 59.2 Å². The summed E-state index contributed by atoms with van der Waals surface area (Å²) in [5.41, 5.74) is -1.17. The van der Waals surface area contributed by atoms with Gasteiger partial charge >= 0.3 is 5.97 Å². The molecular weight excluding hydrogens is 472 g/mol. The van der Waals surface area contributed by atoms with Gasteiger partial charge in [0.25, 0.3) is 0 Å². The molecule has 0 spiro atoms. The van der Waals surface area contributed by atoms with Crippen LogP contribution < -0.4 is 14.9 Å². The molecule has 1 aliphatic heterocycles. The minimum Gasteiger partial charge on any atom is -0.508 e. The largest absolute Gasteiger partial charge is 0.508 e. The molecule has 4 rings (SSSR count). The molecule has 35 heavy (non-hydrogen) atoms. The van der Waals surface area contributed by atoms with Gasteiger partial charge in [-0.15, -0.1) is 0 Å². The fourth-order valence-corrected chi connectivity index (χ4v) is 3.65. The van der Waals surface area contributed by atoms with E-state index in [1.54, 1.807) is 0 Å². The average molecular weight is 492 g/mol. The van der Waals surface area contributed by atoms with Gasteiger partial charge in [-0.1, -0.05) is 0 Å². The Hall–Kier alpha value is -4.04. The quantitative estimate of drug-likeness (QED) is 0.247. The number of phenolic OH excluding ortho intramolecular Hbond substituents is 3. The van der Waals surface area contributed by atoms with E-state index in [1.807, 2.05) is 0 Å². The van der Waals surface area contributed by atoms with Crippen molar-refractivity contribution in [2.24, 2.45) is 0 Å². The van der Waals surface area contributed by atoms with Crippen molar-refractivity contribution in [1.82, 2.24) is 0 Å². The number of aromatic hydroxyl groups is 3. The number of aliphatic carboxylic acids is 1. The molecule has 7 N–H and O–H groups in total. The maximum atomic E-state index is 13.3. The molecule has 3 aromatic rings. The van der Waals surface area contributed by atoms with E-state index >= 15 is 0 Å². The second-order valence-corrected chi connectivity index (χ2v) is 7.67. The first-order valence-electron chi connectivity index (χ1n) is 10.0. The maximum Gasteiger partial charge on any atom is 0.335 e. The molecule has 0 radical (unpaired) electrons. The van der Waals surface area contributed by atoms with Crippen molar-refractivity contribution >= 4 is 16.9 Å². The monoisotopic (exact) mass is 492 g/mol. The van der Waals surface area contributed by atoms with Gasteiger partial charge in [0, 0.05) is 17.7 Å². The van der Waals surface area contributed by atoms with Crippen LogP contribution in [0.15, 0.2) is 39.5 Å². The summed E-state index contributed by atoms with van der Waals surface area (Å²) in [6.07, 6.45) is -9.97. The average Bonchev–Trinajstić information content (AvgIpc) is 2.80. The van der Waals surface area contributed by atoms with Crippen LogP contribution in [0.25, 0.3) is 22.3 Å². The van der Waals surface area contributed by atoms with Crippen molar-refractivity contribution in [2.75, 3.05) is 7.11 Å². The maximum absolute atomic E-state index is 13.3. The number of fused-ring (bicyclic) bond motifs is 1. The number of rotatable bonds is 5. The first-order chi connectivity index (χ1) is 16.5. The van der Waals surface area contributed by atoms with Gasteiger partial charge in [0.1, 0.15) is 40.8 Å². The van der Waals surface area contributed by atoms with Crippen LogP contribution in [0.5, 0.6) is 28.7 Å². The number of hydrogen-bond donors (Lipinski definition) is 7. The highest BCUT2D eigenvalue weighted by molar-refractivity contribution is 5.88. The minimum atomic E-state index is -2.01. The van der Waals surface area contributed by atoms with E-state index in [1.165, 1.54) is 25.3 Å². The van der Waals surface area contributed by atoms with Crippen LogP contribution in [0.2, 0.25) is 0 Å². The van der Waals surface area contributed by atoms with Crippen LogP contribution in [0.1, 0.15) is 0 Å². The second-order valence-electron chi connectivity index (χ2n) is 7.67. The lowest BCUT2D eigenvalue weighted by molar-refractivity contribution is -0.271. The topological polar surface area (TPSA) is 217 Å². The summed E-state index contributed by atoms with van der Waals surface area (Å²) < 4.78 is 21.3. The fourth-order valence-electron chi connectivity index (χ4n) is 3.65. The molecule has 186 valence electrons. The van der Waals surface area contributed by atoms with Crippen molar-refractivity contribution in [3.05, 3.63) is 40.6 Å². The second kappa shape index (κ2) is 8.96. The van der Waals surface area contributed by atoms with E-state index in [0.717, 1.165) is 12.1 Å². The summed E-state index contributed by atoms with van der Waals surface area (Å²) in [6.45, 7) is 0. The molecule has 1 aromatic heterocycles. The van der Waals surface area contributed by atoms with Gasteiger partial charge in [-0.3, -0.25) is 4.79 Å². The molecule has 5 atom stereocenters. The van der Waals surface area contributed by atoms with Gasteiger partial charge < -0.3 is 54.4 Å². The van der Waals surface area contributed by atoms with Crippen LogP contribution in [0.3, 0.4) is 0 Å². The summed E-state index contributed by atoms with van der Waals surface area (Å²) >= 11 is 0. The van der Waals surface area contributed by atoms with Gasteiger partial charge in [-0.2, -0.15) is 0 Å². The molecular formula is C22H20O13. The number of carboxylic acids is 1. The third-order valence-electron chi connectivity index (χ3n) is 5.41. The number of benzene rings is 2. The molecule has 0 saturated carbocycles. The van der Waals surface area contributed by atoms with Crippen molar-refractivity contribution in [3.63, 3.8) is 0 Å². The number of aliphatic hydroxyl groups excluding tert-OH is 3. The van der Waals surface area contributed by atoms with E-state index in [2.05, 4.69) is 0 Å². The Morgan fingerprint density at radius 3 is 2.34 bits per heavy atom. The van der Waals surface area contributed by atoms with Gasteiger partial charge in [0.05, 0.1) is 7.11 Å². The highest BCUT2D eigenvalue weighted by Crippen LogP contribution is 2.39. The lowest BCUT2D eigenvalue weighted by atomic mass is 9.99. The van der Waals surface area contributed by atoms with Crippen LogP contribution >= 0.6 is 0 Å². The Morgan fingerprint density at radius 2 is 1.69 bits per heavy atom. The zero-order valence-electron chi connectivity index (χ0n) is 17.9. The minimum absolute atomic E-state index is 0.0200. The predicted octanol–water partition coefficient (Wildman–Crippen LogP) is -0.144. The first-order valence-corrected chi connectivity index (χ1v) is 10.0. The predicted molar refractivity (Wildman–Crippen MR) is 114 cm³/mol. The third kappa shape index (κ3) is 4.17. The van der Waals surface area contributed by atoms with Gasteiger partial charge in [-0.25, -0.2) is 4.79 Å². The SMILES string of the molecule is COc1cc(-c2oc3cc(O)cc(O)c3c(=O)c2O[C@@H]2O[C@H](C(=O)O)[C@@H](O)[C@@H](O)[C@@H]2O)ccc1O. The van der Waals surface area contributed by atoms with E-state index in [4.69, 9.17) is 18.6 Å². The molecule has 0 amide bonds. The number of ether oxygens (including phenoxy) is 3. The smallest absolute Gasteiger partial charge is 0.335 e. The van der Waals surface area contributed by atoms with Gasteiger partial charge in [-0.05, 0) is 18.2 Å². The standard InChI is InChI=1S/C22H20O13/c1-32-11-4-7(2-3-9(11)24)18-19(14(26)13-10(25)5-8(23)6-12(13)33-18)34-22-17(29)15(27)16(28)20(35-22)21(30)31/h2-6,15-17,20,22-25,27-29H,1H3,(H,30,31)/t15-,16+,17+,20+,22-/m1/s1. The molecule has 0 unspecified atom stereocenters. The Bertz CT molecular complexity index is 1350. The van der Waals surface area contributed by atoms with Crippen molar-refractivity contribution in [3.8, 4) is 40.1 Å². The van der Waals surface area contributed by atoms with E-state index in [-0.39, 0.29) is 28.4 Å². The summed E-state index contributed by atoms with van der Waals surface area (Å²) in [7, 11) is 1.27. The van der Waals surface area contributed by atoms with Crippen LogP contribution in [0.4, 0.5) is 0 Å². The normalized spacial score (nSPS) is 24.3. The number of carbonyl (C=O) groups is 1. The molecule has 1 saturated heterocycles. The number of methoxy groups -OCH3 is 1. The van der Waals surface area contributed by atoms with Crippen LogP contribution in [-0.4, -0.2) is 79.5 Å². The Kier molecular flexibility index (Phi) is 6.17. The number of hydrogen-bond acceptors (Lipinski definition) is 12. The van der Waals surface area contributed by atoms with Crippen molar-refractivity contribution in [2.45, 2.75) is 30.7 Å². The summed E-state index contributed by atoms with van der Waals surface area (Å²) in [6, 6.07) is 5.72. The lowest BCUT2D eigenvalue weighted by Gasteiger charge is -2.38. The molecule has 13 heteroatoms. The molecule has 13 nitrogen and oxygen atoms in total. The van der Waals surface area contributed by atoms with E-state index in [0.29, 0.717) is 0 Å². The Morgan fingerprint density at radius 1 is 0.971 bits per heavy atom. The van der Waals surface area contributed by atoms with Crippen LogP contribution in [-0.2, 0) is 9.53 Å². The first kappa shape index (κ1) is 24.1. The van der Waals surface area contributed by atoms with Gasteiger partial charge in [0.15, 0.2) is 23.4 Å². The number of phenols is 3. The molecule has 1 aliphatic rings. The molecule has 1 fully saturated rings. The Balaban J connectivity index is 1.92. The molecule has 0 aliphatic carbocycles. The van der Waals surface area contributed by atoms with E-state index in [9.17, 15) is 45.3 Å². The highest BCUT2D eigenvalue weighted by Gasteiger charge is 2.48. The highest BCUT2D eigenvalue weighted by atomic mass is 16.7. The fraction of sp³-hybridized carbons (Fsp3) is 0.273. The molecule has 2 heterocycles.